The van der Waals surface area contributed by atoms with Crippen LogP contribution in [-0.4, -0.2) is 15.0 Å². The third-order valence-corrected chi connectivity index (χ3v) is 11.4. The van der Waals surface area contributed by atoms with E-state index in [0.29, 0.717) is 5.82 Å². The van der Waals surface area contributed by atoms with Crippen LogP contribution < -0.4 is 0 Å². The monoisotopic (exact) mass is 737 g/mol. The highest BCUT2D eigenvalue weighted by atomic mass is 14.9. The van der Waals surface area contributed by atoms with Crippen LogP contribution in [0.4, 0.5) is 0 Å². The highest BCUT2D eigenvalue weighted by Crippen LogP contribution is 2.40. The Balaban J connectivity index is 1.25. The second-order valence-corrected chi connectivity index (χ2v) is 14.8. The van der Waals surface area contributed by atoms with E-state index in [0.717, 1.165) is 50.0 Å². The maximum atomic E-state index is 5.32. The number of hydrogen-bond donors (Lipinski definition) is 0. The number of rotatable bonds is 4. The number of fused-ring (bicyclic) bond motifs is 12. The first-order valence-electron chi connectivity index (χ1n) is 19.7. The first-order valence-corrected chi connectivity index (χ1v) is 19.7. The molecule has 270 valence electrons. The Morgan fingerprint density at radius 1 is 0.276 bits per heavy atom. The summed E-state index contributed by atoms with van der Waals surface area (Å²) in [6, 6.07) is 71.8. The van der Waals surface area contributed by atoms with Crippen molar-refractivity contribution in [1.82, 2.24) is 15.0 Å². The van der Waals surface area contributed by atoms with Crippen molar-refractivity contribution < 1.29 is 0 Å². The zero-order valence-corrected chi connectivity index (χ0v) is 31.5. The molecule has 2 heterocycles. The van der Waals surface area contributed by atoms with Gasteiger partial charge in [0.1, 0.15) is 0 Å². The molecule has 11 aromatic rings. The van der Waals surface area contributed by atoms with E-state index < -0.39 is 0 Å². The van der Waals surface area contributed by atoms with E-state index >= 15 is 0 Å². The normalized spacial score (nSPS) is 11.4. The maximum absolute atomic E-state index is 5.32. The second-order valence-electron chi connectivity index (χ2n) is 14.8. The summed E-state index contributed by atoms with van der Waals surface area (Å²) < 4.78 is 0. The molecule has 0 aliphatic rings. The Labute approximate surface area is 335 Å². The minimum absolute atomic E-state index is 0.675. The Bertz CT molecular complexity index is 3430. The molecule has 9 aromatic carbocycles. The van der Waals surface area contributed by atoms with Gasteiger partial charge in [0.25, 0.3) is 0 Å². The zero-order valence-electron chi connectivity index (χ0n) is 31.5. The highest BCUT2D eigenvalue weighted by molar-refractivity contribution is 6.30. The fourth-order valence-electron chi connectivity index (χ4n) is 8.62. The van der Waals surface area contributed by atoms with Crippen molar-refractivity contribution >= 4 is 64.6 Å². The number of benzene rings is 8. The van der Waals surface area contributed by atoms with Gasteiger partial charge in [0.2, 0.25) is 0 Å². The SMILES string of the molecule is c1ccc(-c2cc(-c3ccc(-c4cccnc4)cc3)nc(-c3ccc4c5ccccc5c5ccccc5c5ccccc5c5c6ccccc6ccc5c4c3)n2)cc1. The van der Waals surface area contributed by atoms with Crippen LogP contribution in [0.15, 0.2) is 213 Å². The molecule has 0 aliphatic carbocycles. The summed E-state index contributed by atoms with van der Waals surface area (Å²) in [6.45, 7) is 0. The van der Waals surface area contributed by atoms with Crippen LogP contribution in [0.3, 0.4) is 0 Å². The molecule has 0 saturated heterocycles. The molecule has 0 atom stereocenters. The van der Waals surface area contributed by atoms with Crippen LogP contribution in [0, 0.1) is 0 Å². The standard InChI is InChI=1S/C55H35N3/c1-2-14-38(15-3-1)52-34-53(39-26-24-36(25-27-39)41-16-12-32-56-35-41)58-55(57-52)40-29-30-48-46-21-9-7-19-44(46)43-18-6-8-20-45(43)47-22-10-11-23-49(47)54-42-17-5-4-13-37(42)28-31-50(54)51(48)33-40/h1-35H. The van der Waals surface area contributed by atoms with Crippen LogP contribution >= 0.6 is 0 Å². The molecule has 11 rings (SSSR count). The number of aromatic nitrogens is 3. The fraction of sp³-hybridized carbons (Fsp3) is 0. The predicted octanol–water partition coefficient (Wildman–Crippen LogP) is 14.6. The first-order chi connectivity index (χ1) is 28.8. The van der Waals surface area contributed by atoms with Gasteiger partial charge in [-0.25, -0.2) is 9.97 Å². The van der Waals surface area contributed by atoms with Crippen molar-refractivity contribution in [3.63, 3.8) is 0 Å². The fourth-order valence-corrected chi connectivity index (χ4v) is 8.62. The van der Waals surface area contributed by atoms with Crippen molar-refractivity contribution in [2.24, 2.45) is 0 Å². The van der Waals surface area contributed by atoms with Gasteiger partial charge in [-0.2, -0.15) is 0 Å². The summed E-state index contributed by atoms with van der Waals surface area (Å²) in [5.41, 5.74) is 6.94. The molecular formula is C55H35N3. The van der Waals surface area contributed by atoms with Gasteiger partial charge in [0.05, 0.1) is 11.4 Å². The lowest BCUT2D eigenvalue weighted by molar-refractivity contribution is 1.18. The number of hydrogen-bond acceptors (Lipinski definition) is 3. The minimum atomic E-state index is 0.675. The van der Waals surface area contributed by atoms with E-state index in [1.165, 1.54) is 53.9 Å². The predicted molar refractivity (Wildman–Crippen MR) is 244 cm³/mol. The van der Waals surface area contributed by atoms with Crippen LogP contribution in [0.1, 0.15) is 0 Å². The van der Waals surface area contributed by atoms with Crippen LogP contribution in [-0.2, 0) is 0 Å². The van der Waals surface area contributed by atoms with Crippen molar-refractivity contribution in [2.75, 3.05) is 0 Å². The van der Waals surface area contributed by atoms with E-state index in [4.69, 9.17) is 9.97 Å². The zero-order chi connectivity index (χ0) is 38.4. The van der Waals surface area contributed by atoms with Gasteiger partial charge in [0, 0.05) is 29.1 Å². The van der Waals surface area contributed by atoms with Crippen molar-refractivity contribution in [3.8, 4) is 45.0 Å². The molecular weight excluding hydrogens is 703 g/mol. The topological polar surface area (TPSA) is 38.7 Å². The molecule has 0 saturated carbocycles. The molecule has 2 aromatic heterocycles. The van der Waals surface area contributed by atoms with Gasteiger partial charge in [-0.15, -0.1) is 0 Å². The van der Waals surface area contributed by atoms with Gasteiger partial charge >= 0.3 is 0 Å². The van der Waals surface area contributed by atoms with E-state index in [1.807, 2.05) is 18.3 Å². The van der Waals surface area contributed by atoms with Gasteiger partial charge < -0.3 is 0 Å². The lowest BCUT2D eigenvalue weighted by Gasteiger charge is -2.13. The molecule has 0 fully saturated rings. The summed E-state index contributed by atoms with van der Waals surface area (Å²) in [7, 11) is 0. The van der Waals surface area contributed by atoms with Gasteiger partial charge in [-0.05, 0) is 94.0 Å². The third kappa shape index (κ3) is 5.80. The van der Waals surface area contributed by atoms with E-state index in [2.05, 4.69) is 193 Å². The molecule has 0 aliphatic heterocycles. The van der Waals surface area contributed by atoms with E-state index in [1.54, 1.807) is 6.20 Å². The molecule has 0 N–H and O–H groups in total. The molecule has 58 heavy (non-hydrogen) atoms. The molecule has 3 heteroatoms. The number of pyridine rings is 1. The number of nitrogens with zero attached hydrogens (tertiary/aromatic N) is 3. The Hall–Kier alpha value is -7.75. The molecule has 0 bridgehead atoms. The second kappa shape index (κ2) is 14.1. The lowest BCUT2D eigenvalue weighted by atomic mass is 9.91. The molecule has 0 spiro atoms. The lowest BCUT2D eigenvalue weighted by Crippen LogP contribution is -1.96. The Morgan fingerprint density at radius 2 is 0.741 bits per heavy atom. The van der Waals surface area contributed by atoms with E-state index in [-0.39, 0.29) is 0 Å². The van der Waals surface area contributed by atoms with Crippen LogP contribution in [0.2, 0.25) is 0 Å². The van der Waals surface area contributed by atoms with Gasteiger partial charge in [-0.1, -0.05) is 182 Å². The molecule has 3 nitrogen and oxygen atoms in total. The third-order valence-electron chi connectivity index (χ3n) is 11.4. The summed E-state index contributed by atoms with van der Waals surface area (Å²) in [5, 5.41) is 14.3. The van der Waals surface area contributed by atoms with Crippen molar-refractivity contribution in [3.05, 3.63) is 213 Å². The largest absolute Gasteiger partial charge is 0.264 e. The Kier molecular flexibility index (Phi) is 8.15. The van der Waals surface area contributed by atoms with Crippen molar-refractivity contribution in [2.45, 2.75) is 0 Å². The smallest absolute Gasteiger partial charge is 0.160 e. The maximum Gasteiger partial charge on any atom is 0.160 e. The summed E-state index contributed by atoms with van der Waals surface area (Å²) in [5.74, 6) is 0.675. The van der Waals surface area contributed by atoms with Crippen LogP contribution in [0.25, 0.3) is 110 Å². The summed E-state index contributed by atoms with van der Waals surface area (Å²) >= 11 is 0. The molecule has 0 amide bonds. The Morgan fingerprint density at radius 3 is 1.38 bits per heavy atom. The average Bonchev–Trinajstić information content (AvgIpc) is 3.31. The average molecular weight is 738 g/mol. The van der Waals surface area contributed by atoms with Gasteiger partial charge in [0.15, 0.2) is 5.82 Å². The van der Waals surface area contributed by atoms with E-state index in [9.17, 15) is 0 Å². The molecule has 0 unspecified atom stereocenters. The van der Waals surface area contributed by atoms with Gasteiger partial charge in [-0.3, -0.25) is 4.98 Å². The quantitative estimate of drug-likeness (QED) is 0.181. The summed E-state index contributed by atoms with van der Waals surface area (Å²) in [4.78, 5) is 14.9. The van der Waals surface area contributed by atoms with Crippen molar-refractivity contribution in [1.29, 1.82) is 0 Å². The first kappa shape index (κ1) is 33.6. The summed E-state index contributed by atoms with van der Waals surface area (Å²) in [6.07, 6.45) is 3.70. The molecule has 0 radical (unpaired) electrons. The highest BCUT2D eigenvalue weighted by Gasteiger charge is 2.15. The minimum Gasteiger partial charge on any atom is -0.264 e. The van der Waals surface area contributed by atoms with Crippen LogP contribution in [0.5, 0.6) is 0 Å².